The summed E-state index contributed by atoms with van der Waals surface area (Å²) in [5, 5.41) is 9.45. The summed E-state index contributed by atoms with van der Waals surface area (Å²) in [4.78, 5) is 0. The minimum atomic E-state index is 0.506. The largest absolute Gasteiger partial charge is 0.512 e. The molecule has 0 saturated heterocycles. The van der Waals surface area contributed by atoms with E-state index in [1.807, 2.05) is 19.1 Å². The molecule has 0 heterocycles. The predicted octanol–water partition coefficient (Wildman–Crippen LogP) is 3.11. The molecule has 1 rings (SSSR count). The topological polar surface area (TPSA) is 20.2 Å². The monoisotopic (exact) mass is 150 g/mol. The van der Waals surface area contributed by atoms with Crippen LogP contribution in [0.5, 0.6) is 0 Å². The average molecular weight is 150 g/mol. The molecule has 1 heteroatoms. The number of aliphatic hydroxyl groups excluding tert-OH is 1. The van der Waals surface area contributed by atoms with E-state index in [2.05, 4.69) is 13.0 Å². The first-order valence-electron chi connectivity index (χ1n) is 3.99. The zero-order valence-corrected chi connectivity index (χ0v) is 7.09. The Labute approximate surface area is 67.7 Å². The van der Waals surface area contributed by atoms with E-state index in [1.54, 1.807) is 0 Å². The maximum atomic E-state index is 9.45. The van der Waals surface area contributed by atoms with Gasteiger partial charge in [0.05, 0.1) is 5.76 Å². The fourth-order valence-electron chi connectivity index (χ4n) is 1.08. The Morgan fingerprint density at radius 3 is 2.91 bits per heavy atom. The Morgan fingerprint density at radius 2 is 2.27 bits per heavy atom. The van der Waals surface area contributed by atoms with Gasteiger partial charge in [0.1, 0.15) is 0 Å². The van der Waals surface area contributed by atoms with Crippen molar-refractivity contribution in [3.05, 3.63) is 35.1 Å². The first-order chi connectivity index (χ1) is 5.24. The molecule has 1 nitrogen and oxygen atoms in total. The van der Waals surface area contributed by atoms with Gasteiger partial charge in [-0.2, -0.15) is 0 Å². The van der Waals surface area contributed by atoms with Crippen molar-refractivity contribution in [3.8, 4) is 0 Å². The molecule has 0 unspecified atom stereocenters. The lowest BCUT2D eigenvalue weighted by molar-refractivity contribution is 0.392. The molecule has 11 heavy (non-hydrogen) atoms. The van der Waals surface area contributed by atoms with Crippen LogP contribution in [0.1, 0.15) is 26.7 Å². The Bertz CT molecular complexity index is 231. The normalized spacial score (nSPS) is 18.2. The van der Waals surface area contributed by atoms with E-state index in [0.717, 1.165) is 18.4 Å². The first-order valence-corrected chi connectivity index (χ1v) is 3.99. The first kappa shape index (κ1) is 8.12. The van der Waals surface area contributed by atoms with E-state index in [4.69, 9.17) is 0 Å². The number of hydrogen-bond donors (Lipinski definition) is 1. The molecular weight excluding hydrogens is 136 g/mol. The van der Waals surface area contributed by atoms with Gasteiger partial charge in [-0.25, -0.2) is 0 Å². The summed E-state index contributed by atoms with van der Waals surface area (Å²) < 4.78 is 0. The van der Waals surface area contributed by atoms with E-state index in [9.17, 15) is 5.11 Å². The SMILES string of the molecule is CCC1=CC=CC(C)=C(O)C1. The van der Waals surface area contributed by atoms with Gasteiger partial charge in [-0.1, -0.05) is 30.7 Å². The highest BCUT2D eigenvalue weighted by Crippen LogP contribution is 2.19. The zero-order chi connectivity index (χ0) is 8.27. The third-order valence-corrected chi connectivity index (χ3v) is 1.98. The van der Waals surface area contributed by atoms with Crippen molar-refractivity contribution in [1.29, 1.82) is 0 Å². The summed E-state index contributed by atoms with van der Waals surface area (Å²) in [6, 6.07) is 0. The second-order valence-electron chi connectivity index (χ2n) is 2.84. The van der Waals surface area contributed by atoms with E-state index < -0.39 is 0 Å². The van der Waals surface area contributed by atoms with Gasteiger partial charge in [-0.05, 0) is 18.9 Å². The summed E-state index contributed by atoms with van der Waals surface area (Å²) in [6.45, 7) is 4.03. The minimum Gasteiger partial charge on any atom is -0.512 e. The van der Waals surface area contributed by atoms with Gasteiger partial charge in [0, 0.05) is 6.42 Å². The van der Waals surface area contributed by atoms with Crippen molar-refractivity contribution in [3.63, 3.8) is 0 Å². The molecule has 0 aromatic rings. The molecule has 1 aliphatic rings. The van der Waals surface area contributed by atoms with Gasteiger partial charge in [0.2, 0.25) is 0 Å². The Hall–Kier alpha value is -0.980. The molecule has 0 aliphatic heterocycles. The van der Waals surface area contributed by atoms with Crippen LogP contribution in [0.15, 0.2) is 35.1 Å². The molecule has 0 amide bonds. The summed E-state index contributed by atoms with van der Waals surface area (Å²) in [7, 11) is 0. The van der Waals surface area contributed by atoms with Crippen LogP contribution in [0.3, 0.4) is 0 Å². The van der Waals surface area contributed by atoms with Gasteiger partial charge in [-0.3, -0.25) is 0 Å². The van der Waals surface area contributed by atoms with E-state index in [0.29, 0.717) is 5.76 Å². The smallest absolute Gasteiger partial charge is 0.0992 e. The lowest BCUT2D eigenvalue weighted by Gasteiger charge is -2.02. The maximum absolute atomic E-state index is 9.45. The highest BCUT2D eigenvalue weighted by molar-refractivity contribution is 5.31. The van der Waals surface area contributed by atoms with E-state index in [-0.39, 0.29) is 0 Å². The molecule has 0 radical (unpaired) electrons. The Morgan fingerprint density at radius 1 is 1.55 bits per heavy atom. The van der Waals surface area contributed by atoms with Crippen LogP contribution < -0.4 is 0 Å². The standard InChI is InChI=1S/C10H14O/c1-3-9-6-4-5-8(2)10(11)7-9/h4-6,11H,3,7H2,1-2H3. The molecule has 0 fully saturated rings. The van der Waals surface area contributed by atoms with Crippen molar-refractivity contribution < 1.29 is 5.11 Å². The molecule has 0 aromatic carbocycles. The van der Waals surface area contributed by atoms with Crippen molar-refractivity contribution in [2.75, 3.05) is 0 Å². The van der Waals surface area contributed by atoms with Crippen LogP contribution in [0.25, 0.3) is 0 Å². The highest BCUT2D eigenvalue weighted by atomic mass is 16.3. The summed E-state index contributed by atoms with van der Waals surface area (Å²) in [5.41, 5.74) is 2.26. The molecule has 0 bridgehead atoms. The number of allylic oxidation sites excluding steroid dienone is 5. The average Bonchev–Trinajstić information content (AvgIpc) is 2.15. The predicted molar refractivity (Wildman–Crippen MR) is 47.5 cm³/mol. The molecule has 0 atom stereocenters. The van der Waals surface area contributed by atoms with Crippen LogP contribution in [0, 0.1) is 0 Å². The van der Waals surface area contributed by atoms with E-state index in [1.165, 1.54) is 5.57 Å². The van der Waals surface area contributed by atoms with Gasteiger partial charge >= 0.3 is 0 Å². The van der Waals surface area contributed by atoms with Crippen LogP contribution in [-0.4, -0.2) is 5.11 Å². The molecule has 60 valence electrons. The van der Waals surface area contributed by atoms with Crippen molar-refractivity contribution in [2.45, 2.75) is 26.7 Å². The van der Waals surface area contributed by atoms with Gasteiger partial charge in [-0.15, -0.1) is 0 Å². The van der Waals surface area contributed by atoms with Crippen LogP contribution in [0.4, 0.5) is 0 Å². The number of aliphatic hydroxyl groups is 1. The van der Waals surface area contributed by atoms with Gasteiger partial charge in [0.15, 0.2) is 0 Å². The zero-order valence-electron chi connectivity index (χ0n) is 7.09. The van der Waals surface area contributed by atoms with Crippen molar-refractivity contribution in [1.82, 2.24) is 0 Å². The molecule has 1 aliphatic carbocycles. The third kappa shape index (κ3) is 1.97. The molecule has 1 N–H and O–H groups in total. The fraction of sp³-hybridized carbons (Fsp3) is 0.400. The summed E-state index contributed by atoms with van der Waals surface area (Å²) >= 11 is 0. The molecule has 0 spiro atoms. The van der Waals surface area contributed by atoms with Gasteiger partial charge in [0.25, 0.3) is 0 Å². The summed E-state index contributed by atoms with van der Waals surface area (Å²) in [5.74, 6) is 0.506. The van der Waals surface area contributed by atoms with E-state index >= 15 is 0 Å². The quantitative estimate of drug-likeness (QED) is 0.609. The molecule has 0 saturated carbocycles. The second kappa shape index (κ2) is 3.42. The lowest BCUT2D eigenvalue weighted by Crippen LogP contribution is -1.87. The van der Waals surface area contributed by atoms with Crippen molar-refractivity contribution in [2.24, 2.45) is 0 Å². The van der Waals surface area contributed by atoms with Crippen LogP contribution >= 0.6 is 0 Å². The van der Waals surface area contributed by atoms with Crippen molar-refractivity contribution >= 4 is 0 Å². The molecule has 0 aromatic heterocycles. The number of rotatable bonds is 1. The Balaban J connectivity index is 2.84. The van der Waals surface area contributed by atoms with Crippen LogP contribution in [-0.2, 0) is 0 Å². The third-order valence-electron chi connectivity index (χ3n) is 1.98. The lowest BCUT2D eigenvalue weighted by atomic mass is 10.1. The van der Waals surface area contributed by atoms with Gasteiger partial charge < -0.3 is 5.11 Å². The fourth-order valence-corrected chi connectivity index (χ4v) is 1.08. The van der Waals surface area contributed by atoms with Crippen LogP contribution in [0.2, 0.25) is 0 Å². The summed E-state index contributed by atoms with van der Waals surface area (Å²) in [6.07, 6.45) is 7.75. The Kier molecular flexibility index (Phi) is 2.53. The highest BCUT2D eigenvalue weighted by Gasteiger charge is 2.03. The number of hydrogen-bond acceptors (Lipinski definition) is 1. The minimum absolute atomic E-state index is 0.506. The second-order valence-corrected chi connectivity index (χ2v) is 2.84. The maximum Gasteiger partial charge on any atom is 0.0992 e. The molecular formula is C10H14O.